The molecule has 6 rings (SSSR count). The highest BCUT2D eigenvalue weighted by atomic mass is 32.2. The summed E-state index contributed by atoms with van der Waals surface area (Å²) >= 11 is 0. The number of ketones is 1. The number of hydrogen-bond acceptors (Lipinski definition) is 10. The number of carbonyl (C=O) groups excluding carboxylic acids is 2. The Labute approximate surface area is 226 Å². The van der Waals surface area contributed by atoms with E-state index in [9.17, 15) is 22.4 Å². The van der Waals surface area contributed by atoms with Crippen LogP contribution >= 0.6 is 0 Å². The van der Waals surface area contributed by atoms with Gasteiger partial charge in [-0.15, -0.1) is 10.2 Å². The molecule has 0 unspecified atom stereocenters. The fourth-order valence-corrected chi connectivity index (χ4v) is 5.00. The van der Waals surface area contributed by atoms with E-state index in [2.05, 4.69) is 30.4 Å². The minimum Gasteiger partial charge on any atom is -0.357 e. The van der Waals surface area contributed by atoms with Gasteiger partial charge >= 0.3 is 0 Å². The molecule has 1 N–H and O–H groups in total. The van der Waals surface area contributed by atoms with E-state index in [1.54, 1.807) is 29.2 Å². The third kappa shape index (κ3) is 4.37. The highest BCUT2D eigenvalue weighted by Crippen LogP contribution is 2.27. The van der Waals surface area contributed by atoms with E-state index in [0.717, 1.165) is 12.5 Å². The number of aromatic amines is 1. The molecule has 1 fully saturated rings. The molecule has 5 heterocycles. The molecule has 1 aromatic carbocycles. The Balaban J connectivity index is 1.23. The summed E-state index contributed by atoms with van der Waals surface area (Å²) in [6, 6.07) is 8.95. The van der Waals surface area contributed by atoms with Crippen LogP contribution in [0.25, 0.3) is 22.4 Å². The summed E-state index contributed by atoms with van der Waals surface area (Å²) in [5.74, 6) is -1.90. The van der Waals surface area contributed by atoms with E-state index in [1.165, 1.54) is 32.9 Å². The van der Waals surface area contributed by atoms with E-state index in [-0.39, 0.29) is 53.6 Å². The summed E-state index contributed by atoms with van der Waals surface area (Å²) < 4.78 is 41.9. The number of para-hydroxylation sites is 1. The Morgan fingerprint density at radius 1 is 1.07 bits per heavy atom. The third-order valence-electron chi connectivity index (χ3n) is 6.47. The summed E-state index contributed by atoms with van der Waals surface area (Å²) in [5, 5.41) is 11.4. The van der Waals surface area contributed by atoms with Crippen LogP contribution in [0.2, 0.25) is 0 Å². The molecule has 1 amide bonds. The molecule has 0 aliphatic carbocycles. The molecule has 1 aliphatic heterocycles. The van der Waals surface area contributed by atoms with E-state index >= 15 is 0 Å². The van der Waals surface area contributed by atoms with Crippen LogP contribution in [0.5, 0.6) is 0 Å². The fourth-order valence-electron chi connectivity index (χ4n) is 4.53. The number of amides is 1. The normalized spacial score (nSPS) is 14.2. The molecular formula is C24H21FN10O4S. The lowest BCUT2D eigenvalue weighted by molar-refractivity contribution is -0.126. The van der Waals surface area contributed by atoms with Crippen molar-refractivity contribution in [1.29, 1.82) is 0 Å². The van der Waals surface area contributed by atoms with Crippen molar-refractivity contribution in [3.63, 3.8) is 0 Å². The van der Waals surface area contributed by atoms with Crippen LogP contribution in [0.15, 0.2) is 60.3 Å². The molecule has 14 nitrogen and oxygen atoms in total. The smallest absolute Gasteiger partial charge is 0.295 e. The number of nitrogens with zero attached hydrogens (tertiary/aromatic N) is 9. The number of sulfone groups is 1. The van der Waals surface area contributed by atoms with Crippen molar-refractivity contribution in [2.24, 2.45) is 0 Å². The Hall–Kier alpha value is -4.99. The maximum Gasteiger partial charge on any atom is 0.295 e. The van der Waals surface area contributed by atoms with Crippen molar-refractivity contribution in [2.75, 3.05) is 37.3 Å². The number of aromatic nitrogens is 8. The van der Waals surface area contributed by atoms with Crippen molar-refractivity contribution in [3.8, 4) is 11.5 Å². The van der Waals surface area contributed by atoms with Crippen molar-refractivity contribution >= 4 is 38.4 Å². The van der Waals surface area contributed by atoms with Crippen LogP contribution in [0.1, 0.15) is 10.4 Å². The van der Waals surface area contributed by atoms with Crippen LogP contribution in [0.3, 0.4) is 0 Å². The summed E-state index contributed by atoms with van der Waals surface area (Å²) in [7, 11) is -3.68. The van der Waals surface area contributed by atoms with Gasteiger partial charge < -0.3 is 14.8 Å². The van der Waals surface area contributed by atoms with E-state index in [4.69, 9.17) is 0 Å². The van der Waals surface area contributed by atoms with E-state index in [1.807, 2.05) is 6.07 Å². The lowest BCUT2D eigenvalue weighted by Gasteiger charge is -2.34. The standard InChI is InChI=1S/C24H21FN10O4S/c1-40(38,39)23-29-24(35(30-23)15-5-3-2-4-6-15)33-11-9-32(10-12-33)22(37)20(36)16-13-26-19-18(16)17(25)14-27-21(19)34-8-7-28-31-34/h2-8,13-14,26H,9-12H2,1H3. The van der Waals surface area contributed by atoms with Crippen molar-refractivity contribution in [3.05, 3.63) is 66.5 Å². The maximum absolute atomic E-state index is 14.8. The molecule has 40 heavy (non-hydrogen) atoms. The number of halogens is 1. The van der Waals surface area contributed by atoms with Gasteiger partial charge in [-0.1, -0.05) is 23.4 Å². The number of Topliss-reactive ketones (excluding diaryl/α,β-unsaturated/α-hetero) is 1. The highest BCUT2D eigenvalue weighted by Gasteiger charge is 2.32. The quantitative estimate of drug-likeness (QED) is 0.230. The third-order valence-corrected chi connectivity index (χ3v) is 7.31. The number of H-pyrrole nitrogens is 1. The zero-order chi connectivity index (χ0) is 28.0. The second kappa shape index (κ2) is 9.64. The van der Waals surface area contributed by atoms with Crippen molar-refractivity contribution < 1.29 is 22.4 Å². The number of fused-ring (bicyclic) bond motifs is 1. The van der Waals surface area contributed by atoms with Gasteiger partial charge in [-0.05, 0) is 12.1 Å². The number of carbonyl (C=O) groups is 2. The van der Waals surface area contributed by atoms with Gasteiger partial charge in [-0.25, -0.2) is 22.5 Å². The Morgan fingerprint density at radius 2 is 1.82 bits per heavy atom. The van der Waals surface area contributed by atoms with E-state index in [0.29, 0.717) is 11.6 Å². The molecular weight excluding hydrogens is 543 g/mol. The molecule has 1 aliphatic rings. The van der Waals surface area contributed by atoms with Crippen molar-refractivity contribution in [1.82, 2.24) is 44.6 Å². The SMILES string of the molecule is CS(=O)(=O)c1nc(N2CCN(C(=O)C(=O)c3c[nH]c4c(-n5ccnn5)ncc(F)c34)CC2)n(-c2ccccc2)n1. The van der Waals surface area contributed by atoms with Gasteiger partial charge in [0.1, 0.15) is 0 Å². The fraction of sp³-hybridized carbons (Fsp3) is 0.208. The molecule has 16 heteroatoms. The Morgan fingerprint density at radius 3 is 2.50 bits per heavy atom. The summed E-state index contributed by atoms with van der Waals surface area (Å²) in [4.78, 5) is 40.7. The molecule has 0 atom stereocenters. The zero-order valence-corrected chi connectivity index (χ0v) is 21.8. The largest absolute Gasteiger partial charge is 0.357 e. The van der Waals surface area contributed by atoms with Gasteiger partial charge in [-0.2, -0.15) is 9.67 Å². The Kier molecular flexibility index (Phi) is 6.10. The zero-order valence-electron chi connectivity index (χ0n) is 21.0. The monoisotopic (exact) mass is 564 g/mol. The number of benzene rings is 1. The van der Waals surface area contributed by atoms with Crippen LogP contribution in [-0.4, -0.2) is 97.2 Å². The predicted octanol–water partition coefficient (Wildman–Crippen LogP) is 0.798. The topological polar surface area (TPSA) is 165 Å². The van der Waals surface area contributed by atoms with Gasteiger partial charge in [0.25, 0.3) is 16.8 Å². The number of pyridine rings is 1. The summed E-state index contributed by atoms with van der Waals surface area (Å²) in [5.41, 5.74) is 0.702. The first kappa shape index (κ1) is 25.3. The van der Waals surface area contributed by atoms with Gasteiger partial charge in [0, 0.05) is 38.6 Å². The van der Waals surface area contributed by atoms with Gasteiger partial charge in [0.15, 0.2) is 11.6 Å². The van der Waals surface area contributed by atoms with Crippen LogP contribution in [0, 0.1) is 5.82 Å². The van der Waals surface area contributed by atoms with Gasteiger partial charge in [-0.3, -0.25) is 9.59 Å². The minimum atomic E-state index is -3.68. The van der Waals surface area contributed by atoms with Crippen LogP contribution < -0.4 is 4.90 Å². The van der Waals surface area contributed by atoms with Crippen LogP contribution in [0.4, 0.5) is 10.3 Å². The molecule has 5 aromatic rings. The summed E-state index contributed by atoms with van der Waals surface area (Å²) in [6.07, 6.45) is 6.22. The molecule has 204 valence electrons. The maximum atomic E-state index is 14.8. The number of piperazine rings is 1. The first-order valence-corrected chi connectivity index (χ1v) is 13.9. The molecule has 0 spiro atoms. The predicted molar refractivity (Wildman–Crippen MR) is 139 cm³/mol. The number of anilines is 1. The number of nitrogens with one attached hydrogen (secondary N) is 1. The lowest BCUT2D eigenvalue weighted by atomic mass is 10.1. The van der Waals surface area contributed by atoms with Gasteiger partial charge in [0.2, 0.25) is 15.8 Å². The molecule has 0 radical (unpaired) electrons. The molecule has 4 aromatic heterocycles. The van der Waals surface area contributed by atoms with Crippen molar-refractivity contribution in [2.45, 2.75) is 5.16 Å². The highest BCUT2D eigenvalue weighted by molar-refractivity contribution is 7.90. The minimum absolute atomic E-state index is 0.0678. The number of hydrogen-bond donors (Lipinski definition) is 1. The van der Waals surface area contributed by atoms with Crippen LogP contribution in [-0.2, 0) is 14.6 Å². The second-order valence-electron chi connectivity index (χ2n) is 9.05. The Bertz CT molecular complexity index is 1840. The summed E-state index contributed by atoms with van der Waals surface area (Å²) in [6.45, 7) is 0.820. The average molecular weight is 565 g/mol. The first-order chi connectivity index (χ1) is 19.2. The first-order valence-electron chi connectivity index (χ1n) is 12.1. The second-order valence-corrected chi connectivity index (χ2v) is 11.0. The van der Waals surface area contributed by atoms with Gasteiger partial charge in [0.05, 0.1) is 40.7 Å². The number of rotatable bonds is 6. The average Bonchev–Trinajstić information content (AvgIpc) is 3.73. The molecule has 1 saturated heterocycles. The molecule has 0 bridgehead atoms. The molecule has 0 saturated carbocycles. The lowest BCUT2D eigenvalue weighted by Crippen LogP contribution is -2.51. The van der Waals surface area contributed by atoms with E-state index < -0.39 is 27.3 Å².